The third kappa shape index (κ3) is 4.42. The Labute approximate surface area is 160 Å². The first-order valence-corrected chi connectivity index (χ1v) is 10.2. The van der Waals surface area contributed by atoms with Crippen molar-refractivity contribution in [2.24, 2.45) is 0 Å². The van der Waals surface area contributed by atoms with Gasteiger partial charge in [-0.15, -0.1) is 0 Å². The Kier molecular flexibility index (Phi) is 5.38. The van der Waals surface area contributed by atoms with Crippen molar-refractivity contribution in [3.63, 3.8) is 0 Å². The predicted octanol–water partition coefficient (Wildman–Crippen LogP) is 4.03. The highest BCUT2D eigenvalue weighted by atomic mass is 32.2. The molecule has 0 bridgehead atoms. The first-order chi connectivity index (χ1) is 12.9. The highest BCUT2D eigenvalue weighted by Gasteiger charge is 2.18. The number of hydrogen-bond donors (Lipinski definition) is 0. The second-order valence-electron chi connectivity index (χ2n) is 6.53. The van der Waals surface area contributed by atoms with E-state index >= 15 is 0 Å². The summed E-state index contributed by atoms with van der Waals surface area (Å²) in [5.41, 5.74) is 4.08. The minimum atomic E-state index is -3.29. The van der Waals surface area contributed by atoms with Crippen LogP contribution in [0.25, 0.3) is 11.3 Å². The average molecular weight is 376 g/mol. The molecular formula is C22H20N2O2S. The van der Waals surface area contributed by atoms with Gasteiger partial charge in [0.1, 0.15) is 5.69 Å². The third-order valence-electron chi connectivity index (χ3n) is 4.09. The van der Waals surface area contributed by atoms with Crippen molar-refractivity contribution < 1.29 is 8.42 Å². The molecule has 3 aromatic rings. The van der Waals surface area contributed by atoms with Gasteiger partial charge in [-0.2, -0.15) is 0 Å². The van der Waals surface area contributed by atoms with Crippen LogP contribution in [0.3, 0.4) is 0 Å². The molecule has 0 spiro atoms. The van der Waals surface area contributed by atoms with E-state index < -0.39 is 15.1 Å². The van der Waals surface area contributed by atoms with Crippen LogP contribution in [0.4, 0.5) is 0 Å². The Hall–Kier alpha value is -2.97. The number of benzene rings is 2. The molecule has 136 valence electrons. The van der Waals surface area contributed by atoms with E-state index in [0.29, 0.717) is 16.3 Å². The molecule has 0 atom stereocenters. The van der Waals surface area contributed by atoms with Gasteiger partial charge in [-0.25, -0.2) is 13.4 Å². The molecule has 5 heteroatoms. The Balaban J connectivity index is 1.88. The molecule has 4 nitrogen and oxygen atoms in total. The molecule has 3 rings (SSSR count). The van der Waals surface area contributed by atoms with Gasteiger partial charge in [0, 0.05) is 11.1 Å². The highest BCUT2D eigenvalue weighted by molar-refractivity contribution is 7.92. The molecule has 1 aromatic heterocycles. The predicted molar refractivity (Wildman–Crippen MR) is 107 cm³/mol. The van der Waals surface area contributed by atoms with Gasteiger partial charge in [0.2, 0.25) is 0 Å². The molecule has 1 heterocycles. The Morgan fingerprint density at radius 1 is 0.963 bits per heavy atom. The second-order valence-corrected chi connectivity index (χ2v) is 9.03. The highest BCUT2D eigenvalue weighted by Crippen LogP contribution is 2.21. The average Bonchev–Trinajstić information content (AvgIpc) is 2.67. The Morgan fingerprint density at radius 2 is 1.70 bits per heavy atom. The number of aryl methyl sites for hydroxylation is 1. The van der Waals surface area contributed by atoms with E-state index in [2.05, 4.69) is 21.8 Å². The lowest BCUT2D eigenvalue weighted by Gasteiger charge is -2.08. The van der Waals surface area contributed by atoms with Gasteiger partial charge >= 0.3 is 0 Å². The van der Waals surface area contributed by atoms with Crippen LogP contribution in [0, 0.1) is 18.8 Å². The van der Waals surface area contributed by atoms with E-state index in [4.69, 9.17) is 0 Å². The Bertz CT molecular complexity index is 1120. The minimum absolute atomic E-state index is 0.310. The Morgan fingerprint density at radius 3 is 2.37 bits per heavy atom. The summed E-state index contributed by atoms with van der Waals surface area (Å²) < 4.78 is 24.5. The van der Waals surface area contributed by atoms with Crippen LogP contribution in [0.2, 0.25) is 0 Å². The summed E-state index contributed by atoms with van der Waals surface area (Å²) in [5, 5.41) is -0.455. The lowest BCUT2D eigenvalue weighted by atomic mass is 10.1. The van der Waals surface area contributed by atoms with Crippen LogP contribution in [-0.4, -0.2) is 23.6 Å². The summed E-state index contributed by atoms with van der Waals surface area (Å²) in [7, 11) is -3.29. The van der Waals surface area contributed by atoms with Crippen molar-refractivity contribution in [3.05, 3.63) is 77.7 Å². The summed E-state index contributed by atoms with van der Waals surface area (Å²) in [6.07, 6.45) is 3.26. The molecule has 0 N–H and O–H groups in total. The fraction of sp³-hybridized carbons (Fsp3) is 0.182. The number of rotatable bonds is 3. The second kappa shape index (κ2) is 7.73. The molecule has 2 aromatic carbocycles. The van der Waals surface area contributed by atoms with Gasteiger partial charge in [0.25, 0.3) is 0 Å². The van der Waals surface area contributed by atoms with Crippen molar-refractivity contribution in [3.8, 4) is 23.1 Å². The maximum atomic E-state index is 12.2. The normalized spacial score (nSPS) is 11.1. The largest absolute Gasteiger partial charge is 0.259 e. The summed E-state index contributed by atoms with van der Waals surface area (Å²) in [4.78, 5) is 9.04. The lowest BCUT2D eigenvalue weighted by Crippen LogP contribution is -2.13. The summed E-state index contributed by atoms with van der Waals surface area (Å²) in [6, 6.07) is 14.7. The molecule has 0 saturated heterocycles. The topological polar surface area (TPSA) is 59.9 Å². The van der Waals surface area contributed by atoms with Crippen molar-refractivity contribution in [1.82, 2.24) is 9.97 Å². The first-order valence-electron chi connectivity index (χ1n) is 8.61. The van der Waals surface area contributed by atoms with Gasteiger partial charge in [-0.1, -0.05) is 30.2 Å². The van der Waals surface area contributed by atoms with Crippen LogP contribution in [0.15, 0.2) is 65.8 Å². The van der Waals surface area contributed by atoms with Gasteiger partial charge < -0.3 is 0 Å². The number of nitrogens with zero attached hydrogens (tertiary/aromatic N) is 2. The standard InChI is InChI=1S/C22H20N2O2S/c1-16(2)27(25,26)21-11-8-19(9-12-21)22-15-23-14-20(24-22)10-7-18-6-4-5-17(3)13-18/h4-6,8-9,11-16H,1-3H3. The quantitative estimate of drug-likeness (QED) is 0.648. The van der Waals surface area contributed by atoms with E-state index in [1.165, 1.54) is 0 Å². The molecule has 0 fully saturated rings. The molecular weight excluding hydrogens is 356 g/mol. The zero-order valence-corrected chi connectivity index (χ0v) is 16.3. The van der Waals surface area contributed by atoms with Gasteiger partial charge in [0.05, 0.1) is 28.2 Å². The van der Waals surface area contributed by atoms with E-state index in [1.54, 1.807) is 50.5 Å². The van der Waals surface area contributed by atoms with E-state index in [0.717, 1.165) is 16.7 Å². The molecule has 0 amide bonds. The van der Waals surface area contributed by atoms with Crippen molar-refractivity contribution >= 4 is 9.84 Å². The van der Waals surface area contributed by atoms with Crippen molar-refractivity contribution in [1.29, 1.82) is 0 Å². The smallest absolute Gasteiger partial charge is 0.180 e. The number of hydrogen-bond acceptors (Lipinski definition) is 4. The molecule has 0 radical (unpaired) electrons. The third-order valence-corrected chi connectivity index (χ3v) is 6.26. The lowest BCUT2D eigenvalue weighted by molar-refractivity contribution is 0.587. The van der Waals surface area contributed by atoms with Gasteiger partial charge in [-0.05, 0) is 56.5 Å². The molecule has 0 aliphatic carbocycles. The molecule has 27 heavy (non-hydrogen) atoms. The number of aromatic nitrogens is 2. The molecule has 0 aliphatic rings. The maximum Gasteiger partial charge on any atom is 0.180 e. The fourth-order valence-electron chi connectivity index (χ4n) is 2.51. The molecule has 0 unspecified atom stereocenters. The van der Waals surface area contributed by atoms with Crippen LogP contribution in [-0.2, 0) is 9.84 Å². The van der Waals surface area contributed by atoms with E-state index in [1.807, 2.05) is 31.2 Å². The monoisotopic (exact) mass is 376 g/mol. The van der Waals surface area contributed by atoms with Gasteiger partial charge in [-0.3, -0.25) is 4.98 Å². The summed E-state index contributed by atoms with van der Waals surface area (Å²) in [5.74, 6) is 6.12. The first kappa shape index (κ1) is 18.8. The number of sulfone groups is 1. The van der Waals surface area contributed by atoms with Gasteiger partial charge in [0.15, 0.2) is 9.84 Å². The minimum Gasteiger partial charge on any atom is -0.259 e. The van der Waals surface area contributed by atoms with Crippen LogP contribution in [0.1, 0.15) is 30.7 Å². The zero-order valence-electron chi connectivity index (χ0n) is 15.5. The summed E-state index contributed by atoms with van der Waals surface area (Å²) >= 11 is 0. The van der Waals surface area contributed by atoms with E-state index in [-0.39, 0.29) is 0 Å². The fourth-order valence-corrected chi connectivity index (χ4v) is 3.57. The SMILES string of the molecule is Cc1cccc(C#Cc2cncc(-c3ccc(S(=O)(=O)C(C)C)cc3)n2)c1. The summed E-state index contributed by atoms with van der Waals surface area (Å²) in [6.45, 7) is 5.37. The zero-order chi connectivity index (χ0) is 19.4. The van der Waals surface area contributed by atoms with Crippen LogP contribution >= 0.6 is 0 Å². The molecule has 0 aliphatic heterocycles. The van der Waals surface area contributed by atoms with E-state index in [9.17, 15) is 8.42 Å². The van der Waals surface area contributed by atoms with Crippen LogP contribution < -0.4 is 0 Å². The van der Waals surface area contributed by atoms with Crippen molar-refractivity contribution in [2.75, 3.05) is 0 Å². The molecule has 0 saturated carbocycles. The maximum absolute atomic E-state index is 12.2. The van der Waals surface area contributed by atoms with Crippen molar-refractivity contribution in [2.45, 2.75) is 30.9 Å². The van der Waals surface area contributed by atoms with Crippen LogP contribution in [0.5, 0.6) is 0 Å².